The monoisotopic (exact) mass is 477 g/mol. The molecule has 0 radical (unpaired) electrons. The second kappa shape index (κ2) is 10.8. The van der Waals surface area contributed by atoms with Crippen LogP contribution in [0.5, 0.6) is 11.5 Å². The second-order valence-corrected chi connectivity index (χ2v) is 8.18. The van der Waals surface area contributed by atoms with E-state index in [1.165, 1.54) is 11.2 Å². The minimum absolute atomic E-state index is 0.0376. The molecular formula is C25H27N5O5. The van der Waals surface area contributed by atoms with Crippen LogP contribution in [0.2, 0.25) is 0 Å². The fraction of sp³-hybridized carbons (Fsp3) is 0.200. The number of hydrazine groups is 1. The quantitative estimate of drug-likeness (QED) is 0.178. The highest BCUT2D eigenvalue weighted by Gasteiger charge is 2.20. The molecular weight excluding hydrogens is 450 g/mol. The van der Waals surface area contributed by atoms with Crippen LogP contribution in [0.1, 0.15) is 22.3 Å². The Kier molecular flexibility index (Phi) is 7.34. The van der Waals surface area contributed by atoms with Crippen LogP contribution >= 0.6 is 0 Å². The molecule has 1 aliphatic rings. The number of hydroxylamine groups is 1. The number of hydrogen-bond acceptors (Lipinski definition) is 8. The molecule has 1 aliphatic heterocycles. The van der Waals surface area contributed by atoms with E-state index < -0.39 is 11.9 Å². The van der Waals surface area contributed by atoms with E-state index in [9.17, 15) is 9.59 Å². The normalized spacial score (nSPS) is 13.4. The lowest BCUT2D eigenvalue weighted by Gasteiger charge is -2.26. The molecule has 10 nitrogen and oxygen atoms in total. The summed E-state index contributed by atoms with van der Waals surface area (Å²) in [6.45, 7) is 0.160. The van der Waals surface area contributed by atoms with E-state index in [-0.39, 0.29) is 31.4 Å². The Bertz CT molecular complexity index is 1260. The molecule has 0 aliphatic carbocycles. The van der Waals surface area contributed by atoms with Crippen molar-refractivity contribution in [1.29, 1.82) is 0 Å². The summed E-state index contributed by atoms with van der Waals surface area (Å²) in [5.41, 5.74) is 9.40. The summed E-state index contributed by atoms with van der Waals surface area (Å²) in [6.07, 6.45) is 1.84. The molecule has 35 heavy (non-hydrogen) atoms. The molecule has 182 valence electrons. The summed E-state index contributed by atoms with van der Waals surface area (Å²) in [5, 5.41) is 15.2. The van der Waals surface area contributed by atoms with E-state index in [0.29, 0.717) is 23.5 Å². The molecule has 1 heterocycles. The lowest BCUT2D eigenvalue weighted by molar-refractivity contribution is -0.130. The fourth-order valence-electron chi connectivity index (χ4n) is 3.85. The molecule has 10 heteroatoms. The number of amides is 2. The minimum atomic E-state index is -0.575. The summed E-state index contributed by atoms with van der Waals surface area (Å²) in [7, 11) is 0. The van der Waals surface area contributed by atoms with Crippen molar-refractivity contribution in [1.82, 2.24) is 15.8 Å². The van der Waals surface area contributed by atoms with E-state index in [1.54, 1.807) is 23.7 Å². The van der Waals surface area contributed by atoms with Crippen LogP contribution in [-0.2, 0) is 11.2 Å². The van der Waals surface area contributed by atoms with Crippen molar-refractivity contribution < 1.29 is 24.3 Å². The van der Waals surface area contributed by atoms with Crippen LogP contribution in [0, 0.1) is 0 Å². The summed E-state index contributed by atoms with van der Waals surface area (Å²) < 4.78 is 10.5. The van der Waals surface area contributed by atoms with Gasteiger partial charge in [0.25, 0.3) is 5.91 Å². The number of rotatable bonds is 9. The maximum absolute atomic E-state index is 12.5. The third kappa shape index (κ3) is 5.99. The predicted octanol–water partition coefficient (Wildman–Crippen LogP) is 1.78. The van der Waals surface area contributed by atoms with Gasteiger partial charge in [-0.2, -0.15) is 0 Å². The molecule has 3 aromatic carbocycles. The number of fused-ring (bicyclic) bond motifs is 2. The van der Waals surface area contributed by atoms with Crippen LogP contribution in [0.15, 0.2) is 72.6 Å². The van der Waals surface area contributed by atoms with Crippen LogP contribution in [-0.4, -0.2) is 41.4 Å². The van der Waals surface area contributed by atoms with Gasteiger partial charge >= 0.3 is 0 Å². The first-order chi connectivity index (χ1) is 16.9. The summed E-state index contributed by atoms with van der Waals surface area (Å²) in [4.78, 5) is 24.4. The number of benzene rings is 3. The fourth-order valence-corrected chi connectivity index (χ4v) is 3.85. The molecule has 2 amide bonds. The Balaban J connectivity index is 1.41. The van der Waals surface area contributed by atoms with Gasteiger partial charge in [-0.15, -0.1) is 0 Å². The Morgan fingerprint density at radius 1 is 1.06 bits per heavy atom. The predicted molar refractivity (Wildman–Crippen MR) is 129 cm³/mol. The molecule has 0 spiro atoms. The maximum atomic E-state index is 12.5. The van der Waals surface area contributed by atoms with E-state index in [2.05, 4.69) is 5.32 Å². The average Bonchev–Trinajstić information content (AvgIpc) is 3.34. The SMILES string of the molecule is N/C(=C\N(N)C(CC(=O)NO)Cc1ccc2ccccc2c1)CNC(=O)c1ccc2c(c1)OCO2. The van der Waals surface area contributed by atoms with Crippen molar-refractivity contribution >= 4 is 22.6 Å². The van der Waals surface area contributed by atoms with E-state index in [0.717, 1.165) is 16.3 Å². The van der Waals surface area contributed by atoms with Gasteiger partial charge in [-0.05, 0) is 41.0 Å². The summed E-state index contributed by atoms with van der Waals surface area (Å²) in [5.74, 6) is 6.42. The first-order valence-electron chi connectivity index (χ1n) is 11.0. The zero-order valence-electron chi connectivity index (χ0n) is 18.9. The van der Waals surface area contributed by atoms with E-state index in [4.69, 9.17) is 26.3 Å². The topological polar surface area (TPSA) is 152 Å². The van der Waals surface area contributed by atoms with Crippen LogP contribution in [0.3, 0.4) is 0 Å². The highest BCUT2D eigenvalue weighted by atomic mass is 16.7. The second-order valence-electron chi connectivity index (χ2n) is 8.18. The van der Waals surface area contributed by atoms with Gasteiger partial charge in [0.1, 0.15) is 0 Å². The number of ether oxygens (including phenoxy) is 2. The molecule has 4 rings (SSSR count). The van der Waals surface area contributed by atoms with Crippen LogP contribution in [0.25, 0.3) is 10.8 Å². The molecule has 1 atom stereocenters. The molecule has 3 aromatic rings. The van der Waals surface area contributed by atoms with E-state index in [1.807, 2.05) is 42.5 Å². The van der Waals surface area contributed by atoms with Crippen molar-refractivity contribution in [2.75, 3.05) is 13.3 Å². The van der Waals surface area contributed by atoms with Crippen LogP contribution in [0.4, 0.5) is 0 Å². The van der Waals surface area contributed by atoms with Gasteiger partial charge in [-0.1, -0.05) is 42.5 Å². The van der Waals surface area contributed by atoms with Crippen molar-refractivity contribution in [3.05, 3.63) is 83.7 Å². The van der Waals surface area contributed by atoms with Crippen molar-refractivity contribution in [3.63, 3.8) is 0 Å². The average molecular weight is 478 g/mol. The number of hydrogen-bond donors (Lipinski definition) is 5. The first-order valence-corrected chi connectivity index (χ1v) is 11.0. The highest BCUT2D eigenvalue weighted by molar-refractivity contribution is 5.95. The van der Waals surface area contributed by atoms with E-state index >= 15 is 0 Å². The molecule has 0 fully saturated rings. The number of carbonyl (C=O) groups excluding carboxylic acids is 2. The maximum Gasteiger partial charge on any atom is 0.251 e. The van der Waals surface area contributed by atoms with Gasteiger partial charge in [0.05, 0.1) is 19.0 Å². The molecule has 1 unspecified atom stereocenters. The van der Waals surface area contributed by atoms with Gasteiger partial charge < -0.3 is 25.5 Å². The number of nitrogens with zero attached hydrogens (tertiary/aromatic N) is 1. The molecule has 0 saturated carbocycles. The third-order valence-corrected chi connectivity index (χ3v) is 5.66. The lowest BCUT2D eigenvalue weighted by Crippen LogP contribution is -2.42. The van der Waals surface area contributed by atoms with Gasteiger partial charge in [-0.3, -0.25) is 14.8 Å². The highest BCUT2D eigenvalue weighted by Crippen LogP contribution is 2.32. The molecule has 7 N–H and O–H groups in total. The Labute approximate surface area is 202 Å². The minimum Gasteiger partial charge on any atom is -0.454 e. The van der Waals surface area contributed by atoms with Crippen LogP contribution < -0.4 is 31.8 Å². The van der Waals surface area contributed by atoms with Crippen molar-refractivity contribution in [3.8, 4) is 11.5 Å². The first kappa shape index (κ1) is 23.9. The summed E-state index contributed by atoms with van der Waals surface area (Å²) in [6, 6.07) is 18.4. The van der Waals surface area contributed by atoms with Gasteiger partial charge in [0.2, 0.25) is 12.7 Å². The van der Waals surface area contributed by atoms with Gasteiger partial charge in [-0.25, -0.2) is 11.3 Å². The number of carbonyl (C=O) groups is 2. The largest absolute Gasteiger partial charge is 0.454 e. The Morgan fingerprint density at radius 2 is 1.83 bits per heavy atom. The van der Waals surface area contributed by atoms with Crippen molar-refractivity contribution in [2.24, 2.45) is 11.6 Å². The number of nitrogens with one attached hydrogen (secondary N) is 2. The molecule has 0 aromatic heterocycles. The third-order valence-electron chi connectivity index (χ3n) is 5.66. The Morgan fingerprint density at radius 3 is 2.63 bits per heavy atom. The summed E-state index contributed by atoms with van der Waals surface area (Å²) >= 11 is 0. The lowest BCUT2D eigenvalue weighted by atomic mass is 9.99. The molecule has 0 saturated heterocycles. The number of nitrogens with two attached hydrogens (primary N) is 2. The van der Waals surface area contributed by atoms with Crippen molar-refractivity contribution in [2.45, 2.75) is 18.9 Å². The zero-order chi connectivity index (χ0) is 24.8. The Hall–Kier alpha value is -4.28. The smallest absolute Gasteiger partial charge is 0.251 e. The zero-order valence-corrected chi connectivity index (χ0v) is 18.9. The standard InChI is InChI=1S/C25H27N5O5/c26-20(13-28-25(32)19-7-8-22-23(11-19)35-15-34-22)14-30(27)21(12-24(31)29-33)10-16-5-6-17-3-1-2-4-18(17)9-16/h1-9,11,14,21,33H,10,12-13,15,26-27H2,(H,28,32)(H,29,31)/b20-14-. The molecule has 0 bridgehead atoms. The van der Waals surface area contributed by atoms with Gasteiger partial charge in [0.15, 0.2) is 11.5 Å². The van der Waals surface area contributed by atoms with Gasteiger partial charge in [0, 0.05) is 17.5 Å².